The zero-order chi connectivity index (χ0) is 23.9. The third-order valence-electron chi connectivity index (χ3n) is 6.54. The summed E-state index contributed by atoms with van der Waals surface area (Å²) in [6, 6.07) is 11.9. The van der Waals surface area contributed by atoms with Gasteiger partial charge in [0.15, 0.2) is 0 Å². The zero-order valence-electron chi connectivity index (χ0n) is 18.6. The molecule has 2 aliphatic rings. The van der Waals surface area contributed by atoms with Gasteiger partial charge < -0.3 is 8.83 Å². The molecule has 176 valence electrons. The average Bonchev–Trinajstić information content (AvgIpc) is 3.62. The van der Waals surface area contributed by atoms with E-state index in [0.717, 1.165) is 36.3 Å². The number of aromatic nitrogens is 2. The van der Waals surface area contributed by atoms with E-state index in [4.69, 9.17) is 25.5 Å². The van der Waals surface area contributed by atoms with Crippen LogP contribution in [0.25, 0.3) is 17.0 Å². The van der Waals surface area contributed by atoms with E-state index in [2.05, 4.69) is 4.98 Å². The van der Waals surface area contributed by atoms with E-state index < -0.39 is 0 Å². The predicted molar refractivity (Wildman–Crippen MR) is 131 cm³/mol. The number of hydrogen-bond acceptors (Lipinski definition) is 6. The molecule has 1 fully saturated rings. The van der Waals surface area contributed by atoms with Gasteiger partial charge >= 0.3 is 0 Å². The lowest BCUT2D eigenvalue weighted by molar-refractivity contribution is -0.134. The van der Waals surface area contributed by atoms with Crippen LogP contribution in [0.5, 0.6) is 0 Å². The topological polar surface area (TPSA) is 93.8 Å². The van der Waals surface area contributed by atoms with Gasteiger partial charge in [0.05, 0.1) is 35.5 Å². The molecule has 0 spiro atoms. The van der Waals surface area contributed by atoms with Crippen molar-refractivity contribution in [1.29, 1.82) is 0 Å². The van der Waals surface area contributed by atoms with Crippen molar-refractivity contribution in [2.75, 3.05) is 0 Å². The van der Waals surface area contributed by atoms with Gasteiger partial charge in [0.1, 0.15) is 24.1 Å². The first-order valence-electron chi connectivity index (χ1n) is 11.4. The number of benzene rings is 1. The summed E-state index contributed by atoms with van der Waals surface area (Å²) in [7, 11) is 0. The van der Waals surface area contributed by atoms with Crippen LogP contribution in [-0.4, -0.2) is 26.2 Å². The molecule has 0 N–H and O–H groups in total. The molecule has 2 unspecified atom stereocenters. The van der Waals surface area contributed by atoms with Crippen molar-refractivity contribution in [3.63, 3.8) is 0 Å². The molecule has 4 heterocycles. The predicted octanol–water partition coefficient (Wildman–Crippen LogP) is 5.06. The highest BCUT2D eigenvalue weighted by atomic mass is 35.5. The van der Waals surface area contributed by atoms with Gasteiger partial charge in [-0.2, -0.15) is 5.10 Å². The van der Waals surface area contributed by atoms with Gasteiger partial charge in [0, 0.05) is 10.9 Å². The summed E-state index contributed by atoms with van der Waals surface area (Å²) in [5, 5.41) is 7.05. The van der Waals surface area contributed by atoms with Gasteiger partial charge in [-0.3, -0.25) is 14.2 Å². The lowest BCUT2D eigenvalue weighted by Gasteiger charge is -2.27. The molecule has 1 aliphatic carbocycles. The van der Waals surface area contributed by atoms with E-state index in [-0.39, 0.29) is 30.0 Å². The minimum Gasteiger partial charge on any atom is -0.467 e. The number of carbonyl (C=O) groups is 1. The molecule has 0 saturated heterocycles. The van der Waals surface area contributed by atoms with Crippen LogP contribution >= 0.6 is 11.6 Å². The molecular formula is C26H21ClN4O4. The van der Waals surface area contributed by atoms with Gasteiger partial charge in [-0.1, -0.05) is 11.6 Å². The number of carbonyl (C=O) groups excluding carboxylic acids is 1. The molecule has 2 atom stereocenters. The molecule has 0 bridgehead atoms. The highest BCUT2D eigenvalue weighted by molar-refractivity contribution is 6.31. The van der Waals surface area contributed by atoms with Crippen LogP contribution in [0.3, 0.4) is 0 Å². The van der Waals surface area contributed by atoms with Crippen molar-refractivity contribution in [2.45, 2.75) is 31.8 Å². The lowest BCUT2D eigenvalue weighted by Crippen LogP contribution is -2.36. The molecule has 6 rings (SSSR count). The van der Waals surface area contributed by atoms with Crippen LogP contribution in [0.2, 0.25) is 5.02 Å². The Kier molecular flexibility index (Phi) is 5.37. The molecule has 1 aromatic carbocycles. The third kappa shape index (κ3) is 3.89. The van der Waals surface area contributed by atoms with Gasteiger partial charge in [0.25, 0.3) is 11.5 Å². The maximum atomic E-state index is 13.6. The van der Waals surface area contributed by atoms with Crippen LogP contribution in [0.1, 0.15) is 36.8 Å². The van der Waals surface area contributed by atoms with Crippen molar-refractivity contribution < 1.29 is 13.6 Å². The van der Waals surface area contributed by atoms with Gasteiger partial charge in [-0.15, -0.1) is 0 Å². The van der Waals surface area contributed by atoms with E-state index in [9.17, 15) is 9.59 Å². The minimum atomic E-state index is -0.383. The summed E-state index contributed by atoms with van der Waals surface area (Å²) >= 11 is 6.07. The van der Waals surface area contributed by atoms with Crippen molar-refractivity contribution in [1.82, 2.24) is 14.6 Å². The van der Waals surface area contributed by atoms with Crippen LogP contribution < -0.4 is 5.56 Å². The smallest absolute Gasteiger partial charge is 0.263 e. The maximum absolute atomic E-state index is 13.6. The number of fused-ring (bicyclic) bond motifs is 2. The summed E-state index contributed by atoms with van der Waals surface area (Å²) in [5.74, 6) is 1.08. The van der Waals surface area contributed by atoms with E-state index >= 15 is 0 Å². The van der Waals surface area contributed by atoms with E-state index in [0.29, 0.717) is 21.7 Å². The van der Waals surface area contributed by atoms with E-state index in [1.807, 2.05) is 24.3 Å². The number of hydrogen-bond donors (Lipinski definition) is 0. The summed E-state index contributed by atoms with van der Waals surface area (Å²) < 4.78 is 12.5. The van der Waals surface area contributed by atoms with Gasteiger partial charge in [-0.25, -0.2) is 9.99 Å². The Morgan fingerprint density at radius 2 is 2.03 bits per heavy atom. The highest BCUT2D eigenvalue weighted by Gasteiger charge is 2.45. The first-order valence-corrected chi connectivity index (χ1v) is 11.8. The summed E-state index contributed by atoms with van der Waals surface area (Å²) in [4.78, 5) is 30.9. The average molecular weight is 489 g/mol. The number of rotatable bonds is 4. The fourth-order valence-corrected chi connectivity index (χ4v) is 5.12. The summed E-state index contributed by atoms with van der Waals surface area (Å²) in [6.07, 6.45) is 9.28. The third-order valence-corrected chi connectivity index (χ3v) is 6.78. The van der Waals surface area contributed by atoms with Gasteiger partial charge in [-0.05, 0) is 73.4 Å². The summed E-state index contributed by atoms with van der Waals surface area (Å²) in [5.41, 5.74) is 2.10. The molecule has 0 radical (unpaired) electrons. The first-order chi connectivity index (χ1) is 17.1. The van der Waals surface area contributed by atoms with Crippen LogP contribution in [-0.2, 0) is 11.3 Å². The molecule has 9 heteroatoms. The Labute approximate surface area is 205 Å². The minimum absolute atomic E-state index is 0.00896. The number of amides is 1. The number of furan rings is 2. The number of allylic oxidation sites excluding steroid dienone is 1. The van der Waals surface area contributed by atoms with Crippen molar-refractivity contribution in [3.05, 3.63) is 93.8 Å². The second kappa shape index (κ2) is 8.70. The van der Waals surface area contributed by atoms with Crippen molar-refractivity contribution in [2.24, 2.45) is 11.0 Å². The quantitative estimate of drug-likeness (QED) is 0.400. The molecular weight excluding hydrogens is 468 g/mol. The fourth-order valence-electron chi connectivity index (χ4n) is 4.95. The number of halogens is 1. The standard InChI is InChI=1S/C26H21ClN4O4/c27-17-8-9-21-20(13-17)26(33)30(15-28-21)14-23(32)31-25(22-7-3-11-35-22)19-6-1-4-16(24(19)29-31)12-18-5-2-10-34-18/h2-3,5,7-13,15,19,25H,1,4,6,14H2/b16-12-. The van der Waals surface area contributed by atoms with E-state index in [1.54, 1.807) is 36.8 Å². The number of nitrogens with zero attached hydrogens (tertiary/aromatic N) is 4. The van der Waals surface area contributed by atoms with Gasteiger partial charge in [0.2, 0.25) is 0 Å². The second-order valence-electron chi connectivity index (χ2n) is 8.71. The van der Waals surface area contributed by atoms with E-state index in [1.165, 1.54) is 15.9 Å². The highest BCUT2D eigenvalue weighted by Crippen LogP contribution is 2.44. The second-order valence-corrected chi connectivity index (χ2v) is 9.14. The number of hydrazone groups is 1. The monoisotopic (exact) mass is 488 g/mol. The summed E-state index contributed by atoms with van der Waals surface area (Å²) in [6.45, 7) is -0.202. The first kappa shape index (κ1) is 21.6. The Morgan fingerprint density at radius 1 is 1.17 bits per heavy atom. The molecule has 4 aromatic rings. The SMILES string of the molecule is O=C(Cn1cnc2ccc(Cl)cc2c1=O)N1N=C2/C(=C\c3ccco3)CCCC2C1c1ccco1. The fraction of sp³-hybridized carbons (Fsp3) is 0.231. The van der Waals surface area contributed by atoms with Crippen LogP contribution in [0, 0.1) is 5.92 Å². The Hall–Kier alpha value is -3.91. The lowest BCUT2D eigenvalue weighted by atomic mass is 9.79. The normalized spacial score (nSPS) is 20.9. The molecule has 8 nitrogen and oxygen atoms in total. The Bertz CT molecular complexity index is 1520. The van der Waals surface area contributed by atoms with Crippen molar-refractivity contribution in [3.8, 4) is 0 Å². The molecule has 1 saturated carbocycles. The molecule has 1 amide bonds. The Balaban J connectivity index is 1.37. The van der Waals surface area contributed by atoms with Crippen LogP contribution in [0.15, 0.2) is 85.6 Å². The molecule has 35 heavy (non-hydrogen) atoms. The molecule has 1 aliphatic heterocycles. The Morgan fingerprint density at radius 3 is 2.83 bits per heavy atom. The largest absolute Gasteiger partial charge is 0.467 e. The van der Waals surface area contributed by atoms with Crippen molar-refractivity contribution >= 4 is 40.2 Å². The zero-order valence-corrected chi connectivity index (χ0v) is 19.4. The maximum Gasteiger partial charge on any atom is 0.263 e. The van der Waals surface area contributed by atoms with Crippen LogP contribution in [0.4, 0.5) is 0 Å². The molecule has 3 aromatic heterocycles.